The second kappa shape index (κ2) is 5.56. The third kappa shape index (κ3) is 2.71. The van der Waals surface area contributed by atoms with Gasteiger partial charge in [-0.05, 0) is 50.4 Å². The van der Waals surface area contributed by atoms with Gasteiger partial charge in [0.15, 0.2) is 0 Å². The van der Waals surface area contributed by atoms with E-state index < -0.39 is 11.6 Å². The number of carbonyl (C=O) groups excluding carboxylic acids is 3. The molecule has 0 aromatic heterocycles. The van der Waals surface area contributed by atoms with Crippen molar-refractivity contribution in [3.05, 3.63) is 0 Å². The van der Waals surface area contributed by atoms with Crippen LogP contribution in [0.1, 0.15) is 52.4 Å². The van der Waals surface area contributed by atoms with Gasteiger partial charge in [-0.15, -0.1) is 0 Å². The highest BCUT2D eigenvalue weighted by molar-refractivity contribution is 6.09. The molecule has 1 heterocycles. The normalized spacial score (nSPS) is 23.9. The lowest BCUT2D eigenvalue weighted by Gasteiger charge is -2.23. The summed E-state index contributed by atoms with van der Waals surface area (Å²) < 4.78 is 0. The first kappa shape index (κ1) is 15.3. The first-order valence-corrected chi connectivity index (χ1v) is 8.44. The Morgan fingerprint density at radius 2 is 1.77 bits per heavy atom. The molecule has 6 nitrogen and oxygen atoms in total. The van der Waals surface area contributed by atoms with Crippen molar-refractivity contribution in [1.82, 2.24) is 15.5 Å². The lowest BCUT2D eigenvalue weighted by Crippen LogP contribution is -2.48. The minimum atomic E-state index is -0.830. The Morgan fingerprint density at radius 1 is 1.23 bits per heavy atom. The van der Waals surface area contributed by atoms with Gasteiger partial charge in [0.05, 0.1) is 0 Å². The fourth-order valence-electron chi connectivity index (χ4n) is 3.46. The number of imide groups is 1. The first-order valence-electron chi connectivity index (χ1n) is 8.44. The van der Waals surface area contributed by atoms with E-state index in [9.17, 15) is 14.4 Å². The van der Waals surface area contributed by atoms with Crippen LogP contribution >= 0.6 is 0 Å². The molecular weight excluding hydrogens is 282 g/mol. The van der Waals surface area contributed by atoms with E-state index in [1.807, 2.05) is 13.8 Å². The Labute approximate surface area is 131 Å². The summed E-state index contributed by atoms with van der Waals surface area (Å²) in [7, 11) is 0. The van der Waals surface area contributed by atoms with Crippen LogP contribution in [0.25, 0.3) is 0 Å². The van der Waals surface area contributed by atoms with Crippen molar-refractivity contribution in [2.45, 2.75) is 64.0 Å². The molecule has 2 N–H and O–H groups in total. The van der Waals surface area contributed by atoms with Crippen molar-refractivity contribution in [2.75, 3.05) is 6.54 Å². The van der Waals surface area contributed by atoms with Crippen LogP contribution in [0.4, 0.5) is 4.79 Å². The van der Waals surface area contributed by atoms with E-state index in [2.05, 4.69) is 10.6 Å². The van der Waals surface area contributed by atoms with Gasteiger partial charge in [0.1, 0.15) is 12.1 Å². The van der Waals surface area contributed by atoms with Gasteiger partial charge >= 0.3 is 6.03 Å². The molecule has 6 heteroatoms. The largest absolute Gasteiger partial charge is 0.351 e. The lowest BCUT2D eigenvalue weighted by molar-refractivity contribution is -0.135. The van der Waals surface area contributed by atoms with E-state index in [0.717, 1.165) is 4.90 Å². The van der Waals surface area contributed by atoms with Gasteiger partial charge in [0.25, 0.3) is 5.91 Å². The molecule has 0 unspecified atom stereocenters. The summed E-state index contributed by atoms with van der Waals surface area (Å²) in [6.07, 6.45) is 5.80. The van der Waals surface area contributed by atoms with Gasteiger partial charge in [-0.2, -0.15) is 0 Å². The zero-order valence-electron chi connectivity index (χ0n) is 13.4. The minimum absolute atomic E-state index is 0.164. The number of urea groups is 1. The summed E-state index contributed by atoms with van der Waals surface area (Å²) in [5, 5.41) is 5.81. The maximum absolute atomic E-state index is 12.5. The summed E-state index contributed by atoms with van der Waals surface area (Å²) in [5.74, 6) is 0.720. The molecule has 0 atom stereocenters. The molecule has 0 aromatic carbocycles. The van der Waals surface area contributed by atoms with Gasteiger partial charge in [-0.1, -0.05) is 13.8 Å². The summed E-state index contributed by atoms with van der Waals surface area (Å²) >= 11 is 0. The maximum Gasteiger partial charge on any atom is 0.325 e. The molecule has 0 spiro atoms. The number of amides is 4. The van der Waals surface area contributed by atoms with Gasteiger partial charge < -0.3 is 10.6 Å². The highest BCUT2D eigenvalue weighted by atomic mass is 16.2. The molecule has 0 aromatic rings. The summed E-state index contributed by atoms with van der Waals surface area (Å²) in [5.41, 5.74) is -0.830. The van der Waals surface area contributed by atoms with E-state index in [1.54, 1.807) is 0 Å². The lowest BCUT2D eigenvalue weighted by atomic mass is 9.93. The maximum atomic E-state index is 12.5. The molecule has 3 aliphatic rings. The molecule has 122 valence electrons. The third-order valence-corrected chi connectivity index (χ3v) is 5.34. The molecule has 1 saturated heterocycles. The zero-order valence-corrected chi connectivity index (χ0v) is 13.4. The molecule has 22 heavy (non-hydrogen) atoms. The van der Waals surface area contributed by atoms with Crippen molar-refractivity contribution in [2.24, 2.45) is 11.8 Å². The second-order valence-corrected chi connectivity index (χ2v) is 6.88. The Balaban J connectivity index is 1.61. The fourth-order valence-corrected chi connectivity index (χ4v) is 3.46. The van der Waals surface area contributed by atoms with Crippen LogP contribution in [0.5, 0.6) is 0 Å². The third-order valence-electron chi connectivity index (χ3n) is 5.34. The van der Waals surface area contributed by atoms with Gasteiger partial charge in [-0.3, -0.25) is 14.5 Å². The Morgan fingerprint density at radius 3 is 2.18 bits per heavy atom. The smallest absolute Gasteiger partial charge is 0.325 e. The van der Waals surface area contributed by atoms with Crippen molar-refractivity contribution in [3.63, 3.8) is 0 Å². The predicted molar refractivity (Wildman–Crippen MR) is 80.9 cm³/mol. The van der Waals surface area contributed by atoms with Gasteiger partial charge in [0, 0.05) is 6.04 Å². The Bertz CT molecular complexity index is 481. The predicted octanol–water partition coefficient (Wildman–Crippen LogP) is 1.40. The van der Waals surface area contributed by atoms with Gasteiger partial charge in [-0.25, -0.2) is 4.79 Å². The molecule has 3 rings (SSSR count). The molecule has 4 amide bonds. The SMILES string of the molecule is CCC1(CC)NC(=O)N(CC(=O)NC(C2CC2)C2CC2)C1=O. The van der Waals surface area contributed by atoms with Crippen molar-refractivity contribution in [1.29, 1.82) is 0 Å². The Hall–Kier alpha value is -1.59. The summed E-state index contributed by atoms with van der Waals surface area (Å²) in [6.45, 7) is 3.59. The molecule has 2 aliphatic carbocycles. The van der Waals surface area contributed by atoms with E-state index in [0.29, 0.717) is 24.7 Å². The first-order chi connectivity index (χ1) is 10.5. The van der Waals surface area contributed by atoms with E-state index in [1.165, 1.54) is 25.7 Å². The monoisotopic (exact) mass is 307 g/mol. The topological polar surface area (TPSA) is 78.5 Å². The van der Waals surface area contributed by atoms with Crippen molar-refractivity contribution >= 4 is 17.8 Å². The summed E-state index contributed by atoms with van der Waals surface area (Å²) in [6, 6.07) is -0.200. The number of carbonyl (C=O) groups is 3. The van der Waals surface area contributed by atoms with Crippen molar-refractivity contribution < 1.29 is 14.4 Å². The van der Waals surface area contributed by atoms with Crippen LogP contribution in [0.15, 0.2) is 0 Å². The second-order valence-electron chi connectivity index (χ2n) is 6.88. The quantitative estimate of drug-likeness (QED) is 0.698. The average Bonchev–Trinajstić information content (AvgIpc) is 3.39. The van der Waals surface area contributed by atoms with Crippen LogP contribution in [0, 0.1) is 11.8 Å². The highest BCUT2D eigenvalue weighted by Gasteiger charge is 2.49. The number of nitrogens with one attached hydrogen (secondary N) is 2. The van der Waals surface area contributed by atoms with Crippen LogP contribution < -0.4 is 10.6 Å². The van der Waals surface area contributed by atoms with Crippen LogP contribution in [0.3, 0.4) is 0 Å². The molecule has 0 radical (unpaired) electrons. The minimum Gasteiger partial charge on any atom is -0.351 e. The standard InChI is InChI=1S/C16H25N3O3/c1-3-16(4-2)14(21)19(15(22)18-16)9-12(20)17-13(10-5-6-10)11-7-8-11/h10-11,13H,3-9H2,1-2H3,(H,17,20)(H,18,22). The summed E-state index contributed by atoms with van der Waals surface area (Å²) in [4.78, 5) is 37.9. The zero-order chi connectivity index (χ0) is 15.9. The van der Waals surface area contributed by atoms with Crippen molar-refractivity contribution in [3.8, 4) is 0 Å². The van der Waals surface area contributed by atoms with Crippen LogP contribution in [0.2, 0.25) is 0 Å². The number of hydrogen-bond acceptors (Lipinski definition) is 3. The highest BCUT2D eigenvalue weighted by Crippen LogP contribution is 2.44. The number of rotatable bonds is 7. The average molecular weight is 307 g/mol. The number of nitrogens with zero attached hydrogens (tertiary/aromatic N) is 1. The molecule has 0 bridgehead atoms. The van der Waals surface area contributed by atoms with Crippen LogP contribution in [-0.4, -0.2) is 40.9 Å². The Kier molecular flexibility index (Phi) is 3.87. The van der Waals surface area contributed by atoms with Crippen LogP contribution in [-0.2, 0) is 9.59 Å². The number of hydrogen-bond donors (Lipinski definition) is 2. The van der Waals surface area contributed by atoms with E-state index in [4.69, 9.17) is 0 Å². The molecule has 3 fully saturated rings. The molecule has 2 saturated carbocycles. The van der Waals surface area contributed by atoms with Gasteiger partial charge in [0.2, 0.25) is 5.91 Å². The van der Waals surface area contributed by atoms with E-state index >= 15 is 0 Å². The fraction of sp³-hybridized carbons (Fsp3) is 0.812. The van der Waals surface area contributed by atoms with E-state index in [-0.39, 0.29) is 24.4 Å². The molecular formula is C16H25N3O3. The molecule has 1 aliphatic heterocycles.